The van der Waals surface area contributed by atoms with E-state index in [-0.39, 0.29) is 16.9 Å². The zero-order valence-corrected chi connectivity index (χ0v) is 27.7. The molecule has 0 atom stereocenters. The van der Waals surface area contributed by atoms with Crippen LogP contribution in [0.2, 0.25) is 0 Å². The number of sulfonamides is 1. The molecule has 2 amide bonds. The number of thiazole rings is 1. The Morgan fingerprint density at radius 3 is 2.36 bits per heavy atom. The maximum Gasteiger partial charge on any atom is 0.410 e. The summed E-state index contributed by atoms with van der Waals surface area (Å²) in [6.45, 7) is 8.04. The van der Waals surface area contributed by atoms with E-state index in [4.69, 9.17) is 9.72 Å². The maximum atomic E-state index is 13.6. The Morgan fingerprint density at radius 2 is 1.70 bits per heavy atom. The van der Waals surface area contributed by atoms with Crippen molar-refractivity contribution in [1.29, 1.82) is 0 Å². The number of rotatable bonds is 12. The average Bonchev–Trinajstić information content (AvgIpc) is 3.61. The van der Waals surface area contributed by atoms with Gasteiger partial charge in [-0.25, -0.2) is 18.2 Å². The van der Waals surface area contributed by atoms with Crippen LogP contribution in [0.4, 0.5) is 9.80 Å². The topological polar surface area (TPSA) is 109 Å². The number of benzene rings is 2. The van der Waals surface area contributed by atoms with Crippen LogP contribution in [0.5, 0.6) is 0 Å². The molecule has 5 rings (SSSR count). The van der Waals surface area contributed by atoms with Gasteiger partial charge in [0.2, 0.25) is 10.0 Å². The van der Waals surface area contributed by atoms with Gasteiger partial charge >= 0.3 is 6.09 Å². The van der Waals surface area contributed by atoms with Crippen molar-refractivity contribution in [3.8, 4) is 10.6 Å². The summed E-state index contributed by atoms with van der Waals surface area (Å²) in [4.78, 5) is 33.8. The largest absolute Gasteiger partial charge is 0.450 e. The van der Waals surface area contributed by atoms with Crippen molar-refractivity contribution in [3.63, 3.8) is 0 Å². The van der Waals surface area contributed by atoms with Crippen LogP contribution in [-0.2, 0) is 27.7 Å². The third-order valence-corrected chi connectivity index (χ3v) is 11.7. The lowest BCUT2D eigenvalue weighted by Gasteiger charge is -2.26. The number of fused-ring (bicyclic) bond motifs is 2. The fourth-order valence-corrected chi connectivity index (χ4v) is 9.08. The molecular formula is C32H38N4O5S3. The van der Waals surface area contributed by atoms with E-state index in [2.05, 4.69) is 5.32 Å². The number of nitrogens with one attached hydrogen (secondary N) is 1. The molecule has 0 saturated carbocycles. The SMILES string of the molecule is CCCCN(CCCC)S(=O)(=O)c1ccc(C(=O)Nc2sc3c(c2-c2nc4ccccc4s2)CCN(C(=O)OCC)C3)cc1. The first-order valence-electron chi connectivity index (χ1n) is 15.1. The number of carbonyl (C=O) groups is 2. The van der Waals surface area contributed by atoms with E-state index in [1.807, 2.05) is 38.1 Å². The van der Waals surface area contributed by atoms with Gasteiger partial charge in [-0.2, -0.15) is 4.31 Å². The molecule has 4 aromatic rings. The molecule has 9 nitrogen and oxygen atoms in total. The number of ether oxygens (including phenoxy) is 1. The van der Waals surface area contributed by atoms with Crippen LogP contribution in [0.25, 0.3) is 20.8 Å². The molecule has 2 aromatic carbocycles. The van der Waals surface area contributed by atoms with E-state index < -0.39 is 10.0 Å². The summed E-state index contributed by atoms with van der Waals surface area (Å²) < 4.78 is 34.6. The Balaban J connectivity index is 1.43. The second-order valence-electron chi connectivity index (χ2n) is 10.7. The molecule has 0 aliphatic carbocycles. The lowest BCUT2D eigenvalue weighted by atomic mass is 10.0. The smallest absolute Gasteiger partial charge is 0.410 e. The number of hydrogen-bond donors (Lipinski definition) is 1. The van der Waals surface area contributed by atoms with Crippen LogP contribution < -0.4 is 5.32 Å². The van der Waals surface area contributed by atoms with E-state index in [1.54, 1.807) is 39.6 Å². The van der Waals surface area contributed by atoms with Gasteiger partial charge in [0.05, 0.1) is 28.3 Å². The normalized spacial score (nSPS) is 13.3. The van der Waals surface area contributed by atoms with Crippen LogP contribution in [0.1, 0.15) is 67.3 Å². The van der Waals surface area contributed by atoms with Gasteiger partial charge in [-0.15, -0.1) is 22.7 Å². The lowest BCUT2D eigenvalue weighted by molar-refractivity contribution is 0.102. The molecule has 0 unspecified atom stereocenters. The van der Waals surface area contributed by atoms with Crippen molar-refractivity contribution in [3.05, 3.63) is 64.5 Å². The summed E-state index contributed by atoms with van der Waals surface area (Å²) in [5.41, 5.74) is 3.19. The number of para-hydroxylation sites is 1. The van der Waals surface area contributed by atoms with Crippen LogP contribution in [-0.4, -0.2) is 60.8 Å². The highest BCUT2D eigenvalue weighted by molar-refractivity contribution is 7.89. The molecular weight excluding hydrogens is 617 g/mol. The number of amides is 2. The Hall–Kier alpha value is -3.32. The Morgan fingerprint density at radius 1 is 1.00 bits per heavy atom. The number of nitrogens with zero attached hydrogens (tertiary/aromatic N) is 3. The van der Waals surface area contributed by atoms with E-state index in [1.165, 1.54) is 23.5 Å². The van der Waals surface area contributed by atoms with Crippen molar-refractivity contribution < 1.29 is 22.7 Å². The first-order valence-corrected chi connectivity index (χ1v) is 18.2. The first kappa shape index (κ1) is 32.1. The van der Waals surface area contributed by atoms with Crippen molar-refractivity contribution in [2.24, 2.45) is 0 Å². The molecule has 1 aliphatic heterocycles. The summed E-state index contributed by atoms with van der Waals surface area (Å²) in [5.74, 6) is -0.342. The van der Waals surface area contributed by atoms with Gasteiger partial charge in [0.1, 0.15) is 10.0 Å². The second-order valence-corrected chi connectivity index (χ2v) is 14.7. The van der Waals surface area contributed by atoms with Crippen LogP contribution in [0.3, 0.4) is 0 Å². The zero-order valence-electron chi connectivity index (χ0n) is 25.3. The molecule has 0 radical (unpaired) electrons. The Kier molecular flexibility index (Phi) is 10.3. The maximum absolute atomic E-state index is 13.6. The summed E-state index contributed by atoms with van der Waals surface area (Å²) in [7, 11) is -3.67. The quantitative estimate of drug-likeness (QED) is 0.171. The lowest BCUT2D eigenvalue weighted by Crippen LogP contribution is -2.35. The monoisotopic (exact) mass is 654 g/mol. The Bertz CT molecular complexity index is 1690. The highest BCUT2D eigenvalue weighted by atomic mass is 32.2. The number of unbranched alkanes of at least 4 members (excludes halogenated alkanes) is 2. The number of carbonyl (C=O) groups excluding carboxylic acids is 2. The predicted molar refractivity (Wildman–Crippen MR) is 177 cm³/mol. The van der Waals surface area contributed by atoms with Gasteiger partial charge in [0.15, 0.2) is 0 Å². The van der Waals surface area contributed by atoms with E-state index in [0.717, 1.165) is 56.9 Å². The minimum Gasteiger partial charge on any atom is -0.450 e. The third-order valence-electron chi connectivity index (χ3n) is 7.59. The average molecular weight is 655 g/mol. The van der Waals surface area contributed by atoms with E-state index in [9.17, 15) is 18.0 Å². The zero-order chi connectivity index (χ0) is 31.3. The van der Waals surface area contributed by atoms with Crippen molar-refractivity contribution in [2.75, 3.05) is 31.6 Å². The minimum absolute atomic E-state index is 0.182. The van der Waals surface area contributed by atoms with Crippen LogP contribution in [0, 0.1) is 0 Å². The molecule has 2 aromatic heterocycles. The molecule has 44 heavy (non-hydrogen) atoms. The molecule has 1 N–H and O–H groups in total. The predicted octanol–water partition coefficient (Wildman–Crippen LogP) is 7.38. The third kappa shape index (κ3) is 6.83. The molecule has 0 spiro atoms. The minimum atomic E-state index is -3.67. The van der Waals surface area contributed by atoms with Crippen molar-refractivity contribution in [1.82, 2.24) is 14.2 Å². The number of thiophene rings is 1. The highest BCUT2D eigenvalue weighted by Crippen LogP contribution is 2.46. The van der Waals surface area contributed by atoms with E-state index >= 15 is 0 Å². The number of anilines is 1. The summed E-state index contributed by atoms with van der Waals surface area (Å²) in [6, 6.07) is 14.1. The molecule has 12 heteroatoms. The highest BCUT2D eigenvalue weighted by Gasteiger charge is 2.30. The van der Waals surface area contributed by atoms with Gasteiger partial charge in [0, 0.05) is 35.6 Å². The fourth-order valence-electron chi connectivity index (χ4n) is 5.19. The van der Waals surface area contributed by atoms with E-state index in [0.29, 0.717) is 49.8 Å². The number of aromatic nitrogens is 1. The van der Waals surface area contributed by atoms with Crippen molar-refractivity contribution in [2.45, 2.75) is 64.3 Å². The van der Waals surface area contributed by atoms with Crippen molar-refractivity contribution >= 4 is 59.9 Å². The van der Waals surface area contributed by atoms with Gasteiger partial charge in [-0.3, -0.25) is 4.79 Å². The fraction of sp³-hybridized carbons (Fsp3) is 0.406. The van der Waals surface area contributed by atoms with Gasteiger partial charge in [-0.1, -0.05) is 38.8 Å². The molecule has 234 valence electrons. The van der Waals surface area contributed by atoms with Gasteiger partial charge in [-0.05, 0) is 68.1 Å². The van der Waals surface area contributed by atoms with Gasteiger partial charge < -0.3 is 15.0 Å². The molecule has 1 aliphatic rings. The molecule has 3 heterocycles. The Labute approximate surface area is 266 Å². The molecule has 0 fully saturated rings. The first-order chi connectivity index (χ1) is 21.3. The van der Waals surface area contributed by atoms with Crippen LogP contribution >= 0.6 is 22.7 Å². The van der Waals surface area contributed by atoms with Crippen LogP contribution in [0.15, 0.2) is 53.4 Å². The molecule has 0 bridgehead atoms. The molecule has 0 saturated heterocycles. The summed E-state index contributed by atoms with van der Waals surface area (Å²) in [5, 5.41) is 4.55. The van der Waals surface area contributed by atoms with Gasteiger partial charge in [0.25, 0.3) is 5.91 Å². The standard InChI is InChI=1S/C32H38N4O5S3/c1-4-7-18-36(19-8-5-2)44(39,40)23-15-13-22(14-16-23)29(37)34-31-28(30-33-25-11-9-10-12-26(25)42-30)24-17-20-35(21-27(24)43-31)32(38)41-6-3/h9-16H,4-8,17-21H2,1-3H3,(H,34,37). The number of hydrogen-bond acceptors (Lipinski definition) is 8. The summed E-state index contributed by atoms with van der Waals surface area (Å²) >= 11 is 3.00. The second kappa shape index (κ2) is 14.2. The summed E-state index contributed by atoms with van der Waals surface area (Å²) in [6.07, 6.45) is 3.67.